The van der Waals surface area contributed by atoms with E-state index in [1.54, 1.807) is 0 Å². The molecule has 0 aromatic heterocycles. The Morgan fingerprint density at radius 2 is 0.859 bits per heavy atom. The molecule has 0 aromatic carbocycles. The van der Waals surface area contributed by atoms with Crippen LogP contribution in [0.3, 0.4) is 0 Å². The average Bonchev–Trinajstić information content (AvgIpc) is 3.26. The molecule has 0 N–H and O–H groups in total. The van der Waals surface area contributed by atoms with Crippen molar-refractivity contribution in [2.24, 2.45) is 17.8 Å². The van der Waals surface area contributed by atoms with E-state index in [2.05, 4.69) is 32.6 Å². The quantitative estimate of drug-likeness (QED) is 0.0339. The standard InChI is InChI=1S/C56H107NO7/c1-7-11-23-32-49(33-24-12-8-2)40-44-62-54(58)37-28-20-17-15-16-19-27-36-51-46-52(48-53(47-51)64-56(60)39-31-42-57(5)6)61-43-30-22-18-21-29-38-55(59)63-45-41-50(34-25-13-9-3)35-26-14-10-4/h49-53H,7-48H2,1-6H3. The molecule has 0 bridgehead atoms. The fraction of sp³-hybridized carbons (Fsp3) is 0.946. The number of hydrogen-bond donors (Lipinski definition) is 0. The summed E-state index contributed by atoms with van der Waals surface area (Å²) in [6, 6.07) is 0. The molecule has 1 rings (SSSR count). The zero-order valence-electron chi connectivity index (χ0n) is 43.4. The number of hydrogen-bond acceptors (Lipinski definition) is 8. The molecule has 0 aliphatic heterocycles. The minimum absolute atomic E-state index is 0.0107. The monoisotopic (exact) mass is 906 g/mol. The second-order valence-electron chi connectivity index (χ2n) is 20.3. The van der Waals surface area contributed by atoms with E-state index in [-0.39, 0.29) is 30.1 Å². The fourth-order valence-corrected chi connectivity index (χ4v) is 9.74. The summed E-state index contributed by atoms with van der Waals surface area (Å²) in [5.74, 6) is 1.82. The molecule has 1 saturated carbocycles. The van der Waals surface area contributed by atoms with Crippen LogP contribution in [0.25, 0.3) is 0 Å². The first-order chi connectivity index (χ1) is 31.2. The second kappa shape index (κ2) is 43.9. The summed E-state index contributed by atoms with van der Waals surface area (Å²) in [4.78, 5) is 39.7. The maximum Gasteiger partial charge on any atom is 0.306 e. The topological polar surface area (TPSA) is 91.4 Å². The van der Waals surface area contributed by atoms with Crippen molar-refractivity contribution in [1.29, 1.82) is 0 Å². The van der Waals surface area contributed by atoms with E-state index in [1.165, 1.54) is 141 Å². The Bertz CT molecular complexity index is 1050. The third-order valence-corrected chi connectivity index (χ3v) is 13.8. The highest BCUT2D eigenvalue weighted by molar-refractivity contribution is 5.70. The van der Waals surface area contributed by atoms with Crippen LogP contribution >= 0.6 is 0 Å². The van der Waals surface area contributed by atoms with Crippen molar-refractivity contribution in [2.75, 3.05) is 40.5 Å². The number of carbonyl (C=O) groups excluding carboxylic acids is 3. The molecular formula is C56H107NO7. The number of esters is 3. The van der Waals surface area contributed by atoms with Gasteiger partial charge in [-0.3, -0.25) is 14.4 Å². The molecular weight excluding hydrogens is 799 g/mol. The van der Waals surface area contributed by atoms with Gasteiger partial charge in [0.15, 0.2) is 0 Å². The second-order valence-corrected chi connectivity index (χ2v) is 20.3. The molecule has 3 unspecified atom stereocenters. The van der Waals surface area contributed by atoms with Gasteiger partial charge < -0.3 is 23.8 Å². The molecule has 1 fully saturated rings. The third kappa shape index (κ3) is 37.4. The summed E-state index contributed by atoms with van der Waals surface area (Å²) in [7, 11) is 4.08. The molecule has 1 aliphatic carbocycles. The van der Waals surface area contributed by atoms with Gasteiger partial charge in [-0.15, -0.1) is 0 Å². The molecule has 0 heterocycles. The fourth-order valence-electron chi connectivity index (χ4n) is 9.74. The van der Waals surface area contributed by atoms with Crippen LogP contribution < -0.4 is 0 Å². The molecule has 0 amide bonds. The predicted molar refractivity (Wildman–Crippen MR) is 269 cm³/mol. The molecule has 0 spiro atoms. The van der Waals surface area contributed by atoms with E-state index >= 15 is 0 Å². The summed E-state index contributed by atoms with van der Waals surface area (Å²) >= 11 is 0. The molecule has 0 radical (unpaired) electrons. The largest absolute Gasteiger partial charge is 0.466 e. The Morgan fingerprint density at radius 3 is 1.33 bits per heavy atom. The van der Waals surface area contributed by atoms with Crippen LogP contribution in [0.5, 0.6) is 0 Å². The Kier molecular flexibility index (Phi) is 41.4. The van der Waals surface area contributed by atoms with Crippen LogP contribution in [0.4, 0.5) is 0 Å². The van der Waals surface area contributed by atoms with Gasteiger partial charge in [0.05, 0.1) is 19.3 Å². The van der Waals surface area contributed by atoms with Gasteiger partial charge in [-0.05, 0) is 89.8 Å². The first-order valence-corrected chi connectivity index (χ1v) is 28.0. The first-order valence-electron chi connectivity index (χ1n) is 28.0. The van der Waals surface area contributed by atoms with Gasteiger partial charge in [0.1, 0.15) is 6.10 Å². The van der Waals surface area contributed by atoms with Crippen molar-refractivity contribution in [3.8, 4) is 0 Å². The highest BCUT2D eigenvalue weighted by Gasteiger charge is 2.31. The Morgan fingerprint density at radius 1 is 0.438 bits per heavy atom. The smallest absolute Gasteiger partial charge is 0.306 e. The lowest BCUT2D eigenvalue weighted by Crippen LogP contribution is -2.35. The van der Waals surface area contributed by atoms with Gasteiger partial charge in [-0.25, -0.2) is 0 Å². The number of ether oxygens (including phenoxy) is 4. The highest BCUT2D eigenvalue weighted by Crippen LogP contribution is 2.33. The third-order valence-electron chi connectivity index (χ3n) is 13.8. The van der Waals surface area contributed by atoms with Crippen LogP contribution in [0, 0.1) is 17.8 Å². The van der Waals surface area contributed by atoms with Crippen LogP contribution in [0.2, 0.25) is 0 Å². The summed E-state index contributed by atoms with van der Waals surface area (Å²) in [5.41, 5.74) is 0. The normalized spacial score (nSPS) is 16.5. The summed E-state index contributed by atoms with van der Waals surface area (Å²) < 4.78 is 23.8. The van der Waals surface area contributed by atoms with Gasteiger partial charge in [0.2, 0.25) is 0 Å². The summed E-state index contributed by atoms with van der Waals surface area (Å²) in [6.45, 7) is 11.9. The number of rotatable bonds is 46. The van der Waals surface area contributed by atoms with Gasteiger partial charge in [-0.1, -0.05) is 195 Å². The number of unbranched alkanes of at least 4 members (excludes halogenated alkanes) is 18. The van der Waals surface area contributed by atoms with E-state index in [0.29, 0.717) is 50.2 Å². The van der Waals surface area contributed by atoms with E-state index in [0.717, 1.165) is 96.6 Å². The molecule has 3 atom stereocenters. The van der Waals surface area contributed by atoms with Crippen molar-refractivity contribution in [2.45, 2.75) is 284 Å². The summed E-state index contributed by atoms with van der Waals surface area (Å²) in [6.07, 6.45) is 42.4. The number of carbonyl (C=O) groups is 3. The van der Waals surface area contributed by atoms with E-state index in [1.807, 2.05) is 14.1 Å². The molecule has 64 heavy (non-hydrogen) atoms. The molecule has 8 nitrogen and oxygen atoms in total. The lowest BCUT2D eigenvalue weighted by Gasteiger charge is -2.34. The van der Waals surface area contributed by atoms with Crippen LogP contribution in [0.15, 0.2) is 0 Å². The molecule has 0 aromatic rings. The van der Waals surface area contributed by atoms with Crippen LogP contribution in [-0.4, -0.2) is 75.5 Å². The SMILES string of the molecule is CCCCCC(CCCCC)CCOC(=O)CCCCCCCCCC1CC(OCCCCCCCC(=O)OCCC(CCCCC)CCCCC)CC(OC(=O)CCCN(C)C)C1. The molecule has 378 valence electrons. The molecule has 8 heteroatoms. The van der Waals surface area contributed by atoms with Crippen molar-refractivity contribution in [3.63, 3.8) is 0 Å². The predicted octanol–water partition coefficient (Wildman–Crippen LogP) is 15.7. The Hall–Kier alpha value is -1.67. The maximum atomic E-state index is 12.8. The zero-order chi connectivity index (χ0) is 46.7. The van der Waals surface area contributed by atoms with Crippen molar-refractivity contribution in [1.82, 2.24) is 4.90 Å². The van der Waals surface area contributed by atoms with Crippen LogP contribution in [0.1, 0.15) is 272 Å². The van der Waals surface area contributed by atoms with Gasteiger partial charge >= 0.3 is 17.9 Å². The minimum Gasteiger partial charge on any atom is -0.466 e. The van der Waals surface area contributed by atoms with Crippen molar-refractivity contribution in [3.05, 3.63) is 0 Å². The van der Waals surface area contributed by atoms with Gasteiger partial charge in [0.25, 0.3) is 0 Å². The first kappa shape index (κ1) is 60.3. The Labute approximate surface area is 397 Å². The number of nitrogens with zero attached hydrogens (tertiary/aromatic N) is 1. The average molecular weight is 906 g/mol. The highest BCUT2D eigenvalue weighted by atomic mass is 16.5. The van der Waals surface area contributed by atoms with Gasteiger partial charge in [-0.2, -0.15) is 0 Å². The lowest BCUT2D eigenvalue weighted by molar-refractivity contribution is -0.155. The summed E-state index contributed by atoms with van der Waals surface area (Å²) in [5, 5.41) is 0. The maximum absolute atomic E-state index is 12.8. The van der Waals surface area contributed by atoms with E-state index in [9.17, 15) is 14.4 Å². The van der Waals surface area contributed by atoms with Gasteiger partial charge in [0, 0.05) is 32.3 Å². The molecule has 1 aliphatic rings. The minimum atomic E-state index is -0.0679. The van der Waals surface area contributed by atoms with Crippen LogP contribution in [-0.2, 0) is 33.3 Å². The molecule has 0 saturated heterocycles. The zero-order valence-corrected chi connectivity index (χ0v) is 43.4. The van der Waals surface area contributed by atoms with E-state index < -0.39 is 0 Å². The van der Waals surface area contributed by atoms with Crippen molar-refractivity contribution >= 4 is 17.9 Å². The van der Waals surface area contributed by atoms with Crippen molar-refractivity contribution < 1.29 is 33.3 Å². The Balaban J connectivity index is 2.31. The van der Waals surface area contributed by atoms with E-state index in [4.69, 9.17) is 18.9 Å². The lowest BCUT2D eigenvalue weighted by atomic mass is 9.82.